The molecule has 6 nitrogen and oxygen atoms in total. The number of anilines is 3. The highest BCUT2D eigenvalue weighted by atomic mass is 16.5. The summed E-state index contributed by atoms with van der Waals surface area (Å²) < 4.78 is 22.5. The molecule has 0 aliphatic carbocycles. The van der Waals surface area contributed by atoms with Gasteiger partial charge in [0.1, 0.15) is 23.0 Å². The van der Waals surface area contributed by atoms with E-state index in [0.29, 0.717) is 23.0 Å². The number of aromatic nitrogens is 1. The number of methoxy groups -OCH3 is 4. The maximum Gasteiger partial charge on any atom is 0.131 e. The van der Waals surface area contributed by atoms with Gasteiger partial charge in [-0.15, -0.1) is 0 Å². The van der Waals surface area contributed by atoms with Crippen LogP contribution < -0.4 is 23.8 Å². The standard InChI is InChI=1S/C47H42N2O4/c1-31-7-17-37(18-8-31)49(38-19-9-32(2)10-20-38)39-21-15-34(16-22-39)33-11-13-35(14-12-33)36-27-44(42-25-23-40(50-3)29-46(42)52-5)48-45(28-36)43-26-24-41(51-4)30-47(43)53-6/h7-30H,1-6H3. The fourth-order valence-corrected chi connectivity index (χ4v) is 6.49. The van der Waals surface area contributed by atoms with Gasteiger partial charge in [-0.3, -0.25) is 0 Å². The lowest BCUT2D eigenvalue weighted by Gasteiger charge is -2.26. The summed E-state index contributed by atoms with van der Waals surface area (Å²) >= 11 is 0. The third kappa shape index (κ3) is 7.44. The van der Waals surface area contributed by atoms with Gasteiger partial charge in [0.05, 0.1) is 39.8 Å². The molecule has 0 N–H and O–H groups in total. The van der Waals surface area contributed by atoms with E-state index in [1.54, 1.807) is 28.4 Å². The zero-order chi connectivity index (χ0) is 36.9. The number of hydrogen-bond donors (Lipinski definition) is 0. The van der Waals surface area contributed by atoms with Crippen molar-refractivity contribution in [3.63, 3.8) is 0 Å². The largest absolute Gasteiger partial charge is 0.497 e. The molecule has 0 aliphatic rings. The minimum atomic E-state index is 0.670. The maximum atomic E-state index is 5.79. The zero-order valence-corrected chi connectivity index (χ0v) is 30.9. The van der Waals surface area contributed by atoms with E-state index in [1.807, 2.05) is 36.4 Å². The van der Waals surface area contributed by atoms with Crippen LogP contribution >= 0.6 is 0 Å². The first-order valence-electron chi connectivity index (χ1n) is 17.5. The van der Waals surface area contributed by atoms with Gasteiger partial charge in [0.2, 0.25) is 0 Å². The van der Waals surface area contributed by atoms with Crippen LogP contribution in [0.4, 0.5) is 17.1 Å². The van der Waals surface area contributed by atoms with Crippen LogP contribution in [0.2, 0.25) is 0 Å². The molecular formula is C47H42N2O4. The molecule has 6 heteroatoms. The van der Waals surface area contributed by atoms with E-state index in [9.17, 15) is 0 Å². The van der Waals surface area contributed by atoms with Crippen LogP contribution in [0, 0.1) is 13.8 Å². The molecule has 0 saturated heterocycles. The smallest absolute Gasteiger partial charge is 0.131 e. The number of benzene rings is 6. The highest BCUT2D eigenvalue weighted by Gasteiger charge is 2.17. The number of aryl methyl sites for hydroxylation is 2. The fourth-order valence-electron chi connectivity index (χ4n) is 6.49. The lowest BCUT2D eigenvalue weighted by Crippen LogP contribution is -2.09. The number of ether oxygens (including phenoxy) is 4. The Hall–Kier alpha value is -6.53. The SMILES string of the molecule is COc1ccc(-c2cc(-c3ccc(-c4ccc(N(c5ccc(C)cc5)c5ccc(C)cc5)cc4)cc3)cc(-c3ccc(OC)cc3OC)n2)c(OC)c1. The van der Waals surface area contributed by atoms with Crippen LogP contribution in [0.5, 0.6) is 23.0 Å². The van der Waals surface area contributed by atoms with Gasteiger partial charge in [0, 0.05) is 40.3 Å². The molecule has 0 bridgehead atoms. The Morgan fingerprint density at radius 2 is 0.736 bits per heavy atom. The Bertz CT molecular complexity index is 2210. The van der Waals surface area contributed by atoms with Crippen LogP contribution in [0.15, 0.2) is 146 Å². The summed E-state index contributed by atoms with van der Waals surface area (Å²) in [5.41, 5.74) is 13.4. The molecule has 264 valence electrons. The normalized spacial score (nSPS) is 10.8. The monoisotopic (exact) mass is 698 g/mol. The van der Waals surface area contributed by atoms with Crippen molar-refractivity contribution in [2.75, 3.05) is 33.3 Å². The maximum absolute atomic E-state index is 5.79. The van der Waals surface area contributed by atoms with Crippen LogP contribution in [0.25, 0.3) is 44.8 Å². The van der Waals surface area contributed by atoms with Gasteiger partial charge in [0.15, 0.2) is 0 Å². The second-order valence-corrected chi connectivity index (χ2v) is 12.9. The molecule has 1 heterocycles. The first kappa shape index (κ1) is 34.9. The van der Waals surface area contributed by atoms with E-state index in [2.05, 4.69) is 128 Å². The summed E-state index contributed by atoms with van der Waals surface area (Å²) in [4.78, 5) is 7.41. The van der Waals surface area contributed by atoms with Crippen molar-refractivity contribution in [1.82, 2.24) is 4.98 Å². The predicted molar refractivity (Wildman–Crippen MR) is 216 cm³/mol. The third-order valence-corrected chi connectivity index (χ3v) is 9.46. The molecular weight excluding hydrogens is 657 g/mol. The van der Waals surface area contributed by atoms with Gasteiger partial charge in [0.25, 0.3) is 0 Å². The summed E-state index contributed by atoms with van der Waals surface area (Å²) in [5, 5.41) is 0. The molecule has 0 amide bonds. The molecule has 7 rings (SSSR count). The van der Waals surface area contributed by atoms with Gasteiger partial charge in [-0.1, -0.05) is 71.8 Å². The molecule has 0 fully saturated rings. The van der Waals surface area contributed by atoms with Crippen LogP contribution in [-0.4, -0.2) is 33.4 Å². The average Bonchev–Trinajstić information content (AvgIpc) is 3.22. The molecule has 0 spiro atoms. The molecule has 0 atom stereocenters. The highest BCUT2D eigenvalue weighted by Crippen LogP contribution is 2.40. The van der Waals surface area contributed by atoms with Crippen molar-refractivity contribution in [3.05, 3.63) is 157 Å². The fraction of sp³-hybridized carbons (Fsp3) is 0.128. The van der Waals surface area contributed by atoms with Gasteiger partial charge in [-0.05, 0) is 109 Å². The van der Waals surface area contributed by atoms with E-state index in [0.717, 1.165) is 61.8 Å². The average molecular weight is 699 g/mol. The Morgan fingerprint density at radius 3 is 1.11 bits per heavy atom. The van der Waals surface area contributed by atoms with E-state index < -0.39 is 0 Å². The van der Waals surface area contributed by atoms with Crippen LogP contribution in [0.3, 0.4) is 0 Å². The van der Waals surface area contributed by atoms with Crippen LogP contribution in [0.1, 0.15) is 11.1 Å². The molecule has 0 aliphatic heterocycles. The second kappa shape index (κ2) is 15.4. The van der Waals surface area contributed by atoms with Crippen molar-refractivity contribution < 1.29 is 18.9 Å². The number of pyridine rings is 1. The lowest BCUT2D eigenvalue weighted by atomic mass is 9.97. The molecule has 53 heavy (non-hydrogen) atoms. The number of rotatable bonds is 11. The summed E-state index contributed by atoms with van der Waals surface area (Å²) in [7, 11) is 6.60. The minimum absolute atomic E-state index is 0.670. The Labute approximate surface area is 311 Å². The minimum Gasteiger partial charge on any atom is -0.497 e. The molecule has 0 unspecified atom stereocenters. The van der Waals surface area contributed by atoms with Crippen molar-refractivity contribution >= 4 is 17.1 Å². The lowest BCUT2D eigenvalue weighted by molar-refractivity contribution is 0.395. The van der Waals surface area contributed by atoms with E-state index >= 15 is 0 Å². The van der Waals surface area contributed by atoms with Gasteiger partial charge in [-0.25, -0.2) is 4.98 Å². The first-order valence-corrected chi connectivity index (χ1v) is 17.5. The van der Waals surface area contributed by atoms with E-state index in [4.69, 9.17) is 23.9 Å². The Morgan fingerprint density at radius 1 is 0.377 bits per heavy atom. The Kier molecular flexibility index (Phi) is 10.1. The van der Waals surface area contributed by atoms with Crippen molar-refractivity contribution in [2.24, 2.45) is 0 Å². The number of nitrogens with zero attached hydrogens (tertiary/aromatic N) is 2. The second-order valence-electron chi connectivity index (χ2n) is 12.9. The summed E-state index contributed by atoms with van der Waals surface area (Å²) in [6, 6.07) is 50.5. The van der Waals surface area contributed by atoms with E-state index in [-0.39, 0.29) is 0 Å². The van der Waals surface area contributed by atoms with Gasteiger partial charge in [-0.2, -0.15) is 0 Å². The van der Waals surface area contributed by atoms with Crippen molar-refractivity contribution in [3.8, 4) is 67.8 Å². The quantitative estimate of drug-likeness (QED) is 0.134. The number of hydrogen-bond acceptors (Lipinski definition) is 6. The molecule has 6 aromatic carbocycles. The predicted octanol–water partition coefficient (Wildman–Crippen LogP) is 11.9. The Balaban J connectivity index is 1.25. The summed E-state index contributed by atoms with van der Waals surface area (Å²) in [6.45, 7) is 4.23. The summed E-state index contributed by atoms with van der Waals surface area (Å²) in [6.07, 6.45) is 0. The van der Waals surface area contributed by atoms with Crippen molar-refractivity contribution in [2.45, 2.75) is 13.8 Å². The highest BCUT2D eigenvalue weighted by molar-refractivity contribution is 5.82. The molecule has 0 saturated carbocycles. The molecule has 7 aromatic rings. The first-order chi connectivity index (χ1) is 25.9. The zero-order valence-electron chi connectivity index (χ0n) is 30.9. The van der Waals surface area contributed by atoms with Crippen molar-refractivity contribution in [1.29, 1.82) is 0 Å². The molecule has 0 radical (unpaired) electrons. The third-order valence-electron chi connectivity index (χ3n) is 9.46. The molecule has 1 aromatic heterocycles. The van der Waals surface area contributed by atoms with Gasteiger partial charge >= 0.3 is 0 Å². The summed E-state index contributed by atoms with van der Waals surface area (Å²) in [5.74, 6) is 2.76. The topological polar surface area (TPSA) is 53.1 Å². The van der Waals surface area contributed by atoms with Gasteiger partial charge < -0.3 is 23.8 Å². The van der Waals surface area contributed by atoms with Crippen LogP contribution in [-0.2, 0) is 0 Å². The van der Waals surface area contributed by atoms with E-state index in [1.165, 1.54) is 11.1 Å².